The summed E-state index contributed by atoms with van der Waals surface area (Å²) in [5.74, 6) is -0.808. The van der Waals surface area contributed by atoms with Crippen molar-refractivity contribution in [2.24, 2.45) is 0 Å². The lowest BCUT2D eigenvalue weighted by Crippen LogP contribution is -2.46. The van der Waals surface area contributed by atoms with Crippen LogP contribution in [0, 0.1) is 0 Å². The third-order valence-electron chi connectivity index (χ3n) is 4.75. The van der Waals surface area contributed by atoms with E-state index in [1.165, 1.54) is 0 Å². The van der Waals surface area contributed by atoms with E-state index in [1.807, 2.05) is 11.4 Å². The second-order valence-corrected chi connectivity index (χ2v) is 7.83. The number of carbonyl (C=O) groups is 3. The summed E-state index contributed by atoms with van der Waals surface area (Å²) in [5, 5.41) is 7.92. The van der Waals surface area contributed by atoms with Crippen molar-refractivity contribution in [3.8, 4) is 0 Å². The quantitative estimate of drug-likeness (QED) is 0.791. The van der Waals surface area contributed by atoms with Gasteiger partial charge in [0.15, 0.2) is 0 Å². The van der Waals surface area contributed by atoms with E-state index in [1.54, 1.807) is 35.6 Å². The molecule has 26 heavy (non-hydrogen) atoms. The Morgan fingerprint density at radius 1 is 1.35 bits per heavy atom. The molecule has 1 atom stereocenters. The summed E-state index contributed by atoms with van der Waals surface area (Å²) >= 11 is 7.49. The standard InChI is InChI=1S/C18H16ClN3O3S/c19-11-3-1-4-12(9-11)20-15(23)10-22-16(24)18(21-17(22)25)7-2-5-14-13(18)6-8-26-14/h1,3-4,6,8-9H,2,5,7,10H2,(H,20,23)(H,21,25)/t18-/m1/s1. The maximum Gasteiger partial charge on any atom is 0.325 e. The first-order valence-electron chi connectivity index (χ1n) is 8.26. The van der Waals surface area contributed by atoms with Gasteiger partial charge in [-0.15, -0.1) is 11.3 Å². The van der Waals surface area contributed by atoms with Crippen LogP contribution in [0.2, 0.25) is 5.02 Å². The number of fused-ring (bicyclic) bond motifs is 2. The fourth-order valence-electron chi connectivity index (χ4n) is 3.60. The molecule has 2 N–H and O–H groups in total. The number of amides is 4. The van der Waals surface area contributed by atoms with Crippen molar-refractivity contribution in [2.45, 2.75) is 24.8 Å². The number of urea groups is 1. The summed E-state index contributed by atoms with van der Waals surface area (Å²) in [6, 6.07) is 8.06. The van der Waals surface area contributed by atoms with Gasteiger partial charge in [0, 0.05) is 21.2 Å². The van der Waals surface area contributed by atoms with Gasteiger partial charge in [0.2, 0.25) is 5.91 Å². The van der Waals surface area contributed by atoms with Crippen LogP contribution in [0.5, 0.6) is 0 Å². The molecule has 1 aromatic carbocycles. The Morgan fingerprint density at radius 3 is 3.00 bits per heavy atom. The average Bonchev–Trinajstić information content (AvgIpc) is 3.16. The highest BCUT2D eigenvalue weighted by molar-refractivity contribution is 7.10. The zero-order valence-electron chi connectivity index (χ0n) is 13.8. The first kappa shape index (κ1) is 17.1. The van der Waals surface area contributed by atoms with Crippen LogP contribution in [0.25, 0.3) is 0 Å². The highest BCUT2D eigenvalue weighted by Gasteiger charge is 2.54. The van der Waals surface area contributed by atoms with Crippen LogP contribution >= 0.6 is 22.9 Å². The number of halogens is 1. The Kier molecular flexibility index (Phi) is 4.20. The lowest BCUT2D eigenvalue weighted by Gasteiger charge is -2.31. The summed E-state index contributed by atoms with van der Waals surface area (Å²) in [7, 11) is 0. The number of nitrogens with zero attached hydrogens (tertiary/aromatic N) is 1. The maximum absolute atomic E-state index is 13.0. The van der Waals surface area contributed by atoms with E-state index >= 15 is 0 Å². The topological polar surface area (TPSA) is 78.5 Å². The Bertz CT molecular complexity index is 913. The third kappa shape index (κ3) is 2.77. The van der Waals surface area contributed by atoms with Gasteiger partial charge in [-0.25, -0.2) is 4.79 Å². The molecule has 2 aromatic rings. The zero-order valence-corrected chi connectivity index (χ0v) is 15.3. The Morgan fingerprint density at radius 2 is 2.19 bits per heavy atom. The van der Waals surface area contributed by atoms with Crippen LogP contribution in [0.4, 0.5) is 10.5 Å². The molecule has 134 valence electrons. The molecule has 1 spiro atoms. The zero-order chi connectivity index (χ0) is 18.3. The smallest absolute Gasteiger partial charge is 0.324 e. The minimum absolute atomic E-state index is 0.335. The summed E-state index contributed by atoms with van der Waals surface area (Å²) in [5.41, 5.74) is 0.355. The molecule has 0 bridgehead atoms. The molecule has 4 rings (SSSR count). The first-order valence-corrected chi connectivity index (χ1v) is 9.52. The predicted octanol–water partition coefficient (Wildman–Crippen LogP) is 3.12. The van der Waals surface area contributed by atoms with Crippen LogP contribution in [0.15, 0.2) is 35.7 Å². The number of nitrogens with one attached hydrogen (secondary N) is 2. The van der Waals surface area contributed by atoms with E-state index in [0.29, 0.717) is 17.1 Å². The van der Waals surface area contributed by atoms with Gasteiger partial charge in [-0.2, -0.15) is 0 Å². The molecule has 1 saturated heterocycles. The molecule has 0 radical (unpaired) electrons. The SMILES string of the molecule is O=C(CN1C(=O)N[C@@]2(CCCc3sccc32)C1=O)Nc1cccc(Cl)c1. The van der Waals surface area contributed by atoms with Gasteiger partial charge in [-0.3, -0.25) is 14.5 Å². The summed E-state index contributed by atoms with van der Waals surface area (Å²) in [6.07, 6.45) is 2.28. The highest BCUT2D eigenvalue weighted by atomic mass is 35.5. The summed E-state index contributed by atoms with van der Waals surface area (Å²) < 4.78 is 0. The number of aryl methyl sites for hydroxylation is 1. The fraction of sp³-hybridized carbons (Fsp3) is 0.278. The van der Waals surface area contributed by atoms with E-state index in [2.05, 4.69) is 10.6 Å². The van der Waals surface area contributed by atoms with Crippen LogP contribution in [-0.4, -0.2) is 29.3 Å². The second-order valence-electron chi connectivity index (χ2n) is 6.40. The minimum atomic E-state index is -1.03. The summed E-state index contributed by atoms with van der Waals surface area (Å²) in [4.78, 5) is 39.9. The Hall–Kier alpha value is -2.38. The molecule has 2 heterocycles. The van der Waals surface area contributed by atoms with Crippen molar-refractivity contribution in [1.82, 2.24) is 10.2 Å². The number of hydrogen-bond donors (Lipinski definition) is 2. The van der Waals surface area contributed by atoms with Crippen molar-refractivity contribution in [2.75, 3.05) is 11.9 Å². The Labute approximate surface area is 159 Å². The lowest BCUT2D eigenvalue weighted by atomic mass is 9.80. The molecule has 1 aliphatic heterocycles. The van der Waals surface area contributed by atoms with E-state index in [-0.39, 0.29) is 12.5 Å². The van der Waals surface area contributed by atoms with Gasteiger partial charge < -0.3 is 10.6 Å². The molecule has 0 saturated carbocycles. The number of imide groups is 1. The van der Waals surface area contributed by atoms with E-state index in [4.69, 9.17) is 11.6 Å². The van der Waals surface area contributed by atoms with Crippen molar-refractivity contribution in [1.29, 1.82) is 0 Å². The number of anilines is 1. The largest absolute Gasteiger partial charge is 0.325 e. The Balaban J connectivity index is 1.53. The van der Waals surface area contributed by atoms with Gasteiger partial charge in [0.25, 0.3) is 5.91 Å². The van der Waals surface area contributed by atoms with Crippen molar-refractivity contribution >= 4 is 46.5 Å². The molecule has 8 heteroatoms. The van der Waals surface area contributed by atoms with Crippen molar-refractivity contribution in [3.05, 3.63) is 51.2 Å². The van der Waals surface area contributed by atoms with Crippen LogP contribution < -0.4 is 10.6 Å². The highest BCUT2D eigenvalue weighted by Crippen LogP contribution is 2.42. The van der Waals surface area contributed by atoms with E-state index in [9.17, 15) is 14.4 Å². The first-order chi connectivity index (χ1) is 12.5. The molecule has 4 amide bonds. The number of thiophene rings is 1. The second kappa shape index (κ2) is 6.41. The van der Waals surface area contributed by atoms with E-state index in [0.717, 1.165) is 28.2 Å². The third-order valence-corrected chi connectivity index (χ3v) is 5.96. The molecule has 1 fully saturated rings. The number of benzene rings is 1. The van der Waals surface area contributed by atoms with Crippen molar-refractivity contribution < 1.29 is 14.4 Å². The van der Waals surface area contributed by atoms with Crippen LogP contribution in [-0.2, 0) is 21.5 Å². The number of carbonyl (C=O) groups excluding carboxylic acids is 3. The molecule has 6 nitrogen and oxygen atoms in total. The molecule has 0 unspecified atom stereocenters. The predicted molar refractivity (Wildman–Crippen MR) is 99.3 cm³/mol. The molecular weight excluding hydrogens is 374 g/mol. The lowest BCUT2D eigenvalue weighted by molar-refractivity contribution is -0.134. The number of hydrogen-bond acceptors (Lipinski definition) is 4. The molecule has 1 aliphatic carbocycles. The molecular formula is C18H16ClN3O3S. The minimum Gasteiger partial charge on any atom is -0.324 e. The summed E-state index contributed by atoms with van der Waals surface area (Å²) in [6.45, 7) is -0.335. The normalized spacial score (nSPS) is 21.7. The van der Waals surface area contributed by atoms with Gasteiger partial charge in [-0.1, -0.05) is 17.7 Å². The monoisotopic (exact) mass is 389 g/mol. The average molecular weight is 390 g/mol. The van der Waals surface area contributed by atoms with Gasteiger partial charge in [-0.05, 0) is 48.9 Å². The number of rotatable bonds is 3. The maximum atomic E-state index is 13.0. The van der Waals surface area contributed by atoms with Crippen LogP contribution in [0.3, 0.4) is 0 Å². The van der Waals surface area contributed by atoms with Crippen LogP contribution in [0.1, 0.15) is 23.3 Å². The molecule has 2 aliphatic rings. The van der Waals surface area contributed by atoms with Gasteiger partial charge in [0.05, 0.1) is 0 Å². The molecule has 1 aromatic heterocycles. The van der Waals surface area contributed by atoms with E-state index < -0.39 is 17.5 Å². The van der Waals surface area contributed by atoms with Gasteiger partial charge in [0.1, 0.15) is 12.1 Å². The fourth-order valence-corrected chi connectivity index (χ4v) is 4.79. The van der Waals surface area contributed by atoms with Crippen molar-refractivity contribution in [3.63, 3.8) is 0 Å². The van der Waals surface area contributed by atoms with Gasteiger partial charge >= 0.3 is 6.03 Å².